The van der Waals surface area contributed by atoms with Gasteiger partial charge in [0, 0.05) is 17.2 Å². The van der Waals surface area contributed by atoms with Crippen molar-refractivity contribution in [2.24, 2.45) is 0 Å². The van der Waals surface area contributed by atoms with Gasteiger partial charge in [-0.3, -0.25) is 4.79 Å². The van der Waals surface area contributed by atoms with Crippen LogP contribution >= 0.6 is 0 Å². The van der Waals surface area contributed by atoms with E-state index >= 15 is 0 Å². The first-order chi connectivity index (χ1) is 15.2. The summed E-state index contributed by atoms with van der Waals surface area (Å²) in [6, 6.07) is 18.3. The number of carbonyl (C=O) groups excluding carboxylic acids is 1. The van der Waals surface area contributed by atoms with Crippen molar-refractivity contribution in [3.05, 3.63) is 71.4 Å². The van der Waals surface area contributed by atoms with E-state index in [-0.39, 0.29) is 5.91 Å². The number of fused-ring (bicyclic) bond motifs is 1. The Balaban J connectivity index is 1.64. The molecular formula is C24H18N4O3. The number of hydrogen-bond donors (Lipinski definition) is 1. The van der Waals surface area contributed by atoms with Crippen molar-refractivity contribution in [3.8, 4) is 23.1 Å². The molecule has 1 aliphatic carbocycles. The molecule has 0 spiro atoms. The lowest BCUT2D eigenvalue weighted by Crippen LogP contribution is -2.14. The Morgan fingerprint density at radius 3 is 2.71 bits per heavy atom. The van der Waals surface area contributed by atoms with Crippen molar-refractivity contribution < 1.29 is 14.1 Å². The van der Waals surface area contributed by atoms with E-state index in [9.17, 15) is 10.1 Å². The van der Waals surface area contributed by atoms with Crippen molar-refractivity contribution in [2.75, 3.05) is 12.4 Å². The van der Waals surface area contributed by atoms with Gasteiger partial charge in [0.25, 0.3) is 11.6 Å². The van der Waals surface area contributed by atoms with Crippen LogP contribution in [0.2, 0.25) is 0 Å². The van der Waals surface area contributed by atoms with Crippen molar-refractivity contribution in [1.29, 1.82) is 5.26 Å². The summed E-state index contributed by atoms with van der Waals surface area (Å²) >= 11 is 0. The maximum absolute atomic E-state index is 13.4. The average molecular weight is 410 g/mol. The number of amides is 1. The van der Waals surface area contributed by atoms with Crippen LogP contribution in [-0.2, 0) is 0 Å². The number of ether oxygens (including phenoxy) is 1. The second kappa shape index (κ2) is 7.58. The zero-order valence-electron chi connectivity index (χ0n) is 16.8. The maximum Gasteiger partial charge on any atom is 0.259 e. The monoisotopic (exact) mass is 410 g/mol. The van der Waals surface area contributed by atoms with Crippen LogP contribution in [0.5, 0.6) is 5.75 Å². The summed E-state index contributed by atoms with van der Waals surface area (Å²) in [6.45, 7) is 0. The summed E-state index contributed by atoms with van der Waals surface area (Å²) in [5.41, 5.74) is 3.83. The molecule has 0 aliphatic heterocycles. The van der Waals surface area contributed by atoms with Crippen LogP contribution in [0.1, 0.15) is 40.4 Å². The van der Waals surface area contributed by atoms with Gasteiger partial charge in [0.05, 0.1) is 35.4 Å². The normalized spacial score (nSPS) is 13.0. The predicted molar refractivity (Wildman–Crippen MR) is 115 cm³/mol. The number of aromatic nitrogens is 2. The third-order valence-electron chi connectivity index (χ3n) is 5.33. The van der Waals surface area contributed by atoms with E-state index in [4.69, 9.17) is 9.26 Å². The Morgan fingerprint density at radius 2 is 2.00 bits per heavy atom. The number of pyridine rings is 1. The lowest BCUT2D eigenvalue weighted by Gasteiger charge is -2.12. The summed E-state index contributed by atoms with van der Waals surface area (Å²) in [7, 11) is 1.51. The van der Waals surface area contributed by atoms with Crippen molar-refractivity contribution in [3.63, 3.8) is 0 Å². The van der Waals surface area contributed by atoms with Gasteiger partial charge < -0.3 is 14.6 Å². The van der Waals surface area contributed by atoms with Crippen molar-refractivity contribution in [2.45, 2.75) is 18.8 Å². The van der Waals surface area contributed by atoms with Crippen LogP contribution < -0.4 is 10.1 Å². The van der Waals surface area contributed by atoms with Crippen LogP contribution in [0, 0.1) is 11.3 Å². The highest BCUT2D eigenvalue weighted by atomic mass is 16.5. The number of nitrogens with zero attached hydrogens (tertiary/aromatic N) is 3. The number of nitriles is 1. The lowest BCUT2D eigenvalue weighted by molar-refractivity contribution is 0.102. The van der Waals surface area contributed by atoms with Gasteiger partial charge in [-0.05, 0) is 37.1 Å². The zero-order chi connectivity index (χ0) is 21.4. The van der Waals surface area contributed by atoms with Crippen LogP contribution in [0.15, 0.2) is 59.1 Å². The lowest BCUT2D eigenvalue weighted by atomic mass is 10.0. The fourth-order valence-electron chi connectivity index (χ4n) is 3.60. The molecule has 0 saturated heterocycles. The molecule has 1 saturated carbocycles. The Kier molecular flexibility index (Phi) is 4.60. The van der Waals surface area contributed by atoms with Gasteiger partial charge in [-0.1, -0.05) is 35.5 Å². The Labute approximate surface area is 178 Å². The number of carbonyl (C=O) groups is 1. The van der Waals surface area contributed by atoms with Crippen LogP contribution in [0.4, 0.5) is 5.69 Å². The molecule has 5 rings (SSSR count). The summed E-state index contributed by atoms with van der Waals surface area (Å²) in [5, 5.41) is 16.9. The molecule has 0 radical (unpaired) electrons. The molecule has 1 N–H and O–H groups in total. The molecule has 152 valence electrons. The molecule has 1 amide bonds. The highest BCUT2D eigenvalue weighted by Crippen LogP contribution is 2.41. The molecule has 31 heavy (non-hydrogen) atoms. The van der Waals surface area contributed by atoms with E-state index < -0.39 is 0 Å². The van der Waals surface area contributed by atoms with Crippen LogP contribution in [0.3, 0.4) is 0 Å². The summed E-state index contributed by atoms with van der Waals surface area (Å²) in [5.74, 6) is 0.453. The SMILES string of the molecule is COc1ccc(C#N)cc1NC(=O)c1cc(C2CC2)nc2onc(-c3ccccc3)c12. The third-order valence-corrected chi connectivity index (χ3v) is 5.33. The van der Waals surface area contributed by atoms with E-state index in [0.717, 1.165) is 24.1 Å². The maximum atomic E-state index is 13.4. The molecule has 1 fully saturated rings. The van der Waals surface area contributed by atoms with Gasteiger partial charge >= 0.3 is 0 Å². The summed E-state index contributed by atoms with van der Waals surface area (Å²) in [6.07, 6.45) is 2.08. The Bertz CT molecular complexity index is 1330. The van der Waals surface area contributed by atoms with E-state index in [1.54, 1.807) is 18.2 Å². The van der Waals surface area contributed by atoms with E-state index in [1.807, 2.05) is 36.4 Å². The first-order valence-corrected chi connectivity index (χ1v) is 9.93. The molecule has 0 unspecified atom stereocenters. The van der Waals surface area contributed by atoms with Gasteiger partial charge in [-0.2, -0.15) is 5.26 Å². The van der Waals surface area contributed by atoms with Crippen molar-refractivity contribution >= 4 is 22.7 Å². The fourth-order valence-corrected chi connectivity index (χ4v) is 3.60. The van der Waals surface area contributed by atoms with Gasteiger partial charge in [-0.15, -0.1) is 0 Å². The molecule has 2 heterocycles. The van der Waals surface area contributed by atoms with E-state index in [2.05, 4.69) is 21.5 Å². The second-order valence-corrected chi connectivity index (χ2v) is 7.43. The van der Waals surface area contributed by atoms with Gasteiger partial charge in [0.15, 0.2) is 0 Å². The molecule has 4 aromatic rings. The van der Waals surface area contributed by atoms with Crippen molar-refractivity contribution in [1.82, 2.24) is 10.1 Å². The molecule has 0 bridgehead atoms. The summed E-state index contributed by atoms with van der Waals surface area (Å²) < 4.78 is 10.9. The Hall–Kier alpha value is -4.18. The minimum absolute atomic E-state index is 0.331. The largest absolute Gasteiger partial charge is 0.495 e. The number of benzene rings is 2. The van der Waals surface area contributed by atoms with E-state index in [0.29, 0.717) is 45.3 Å². The quantitative estimate of drug-likeness (QED) is 0.502. The average Bonchev–Trinajstić information content (AvgIpc) is 3.58. The van der Waals surface area contributed by atoms with E-state index in [1.165, 1.54) is 7.11 Å². The second-order valence-electron chi connectivity index (χ2n) is 7.43. The minimum Gasteiger partial charge on any atom is -0.495 e. The van der Waals surface area contributed by atoms with Crippen LogP contribution in [0.25, 0.3) is 22.4 Å². The number of methoxy groups -OCH3 is 1. The molecule has 0 atom stereocenters. The zero-order valence-corrected chi connectivity index (χ0v) is 16.8. The standard InChI is InChI=1S/C24H18N4O3/c1-30-20-10-7-14(13-25)11-19(20)26-23(29)17-12-18(15-8-9-15)27-24-21(17)22(28-31-24)16-5-3-2-4-6-16/h2-7,10-12,15H,8-9H2,1H3,(H,26,29). The summed E-state index contributed by atoms with van der Waals surface area (Å²) in [4.78, 5) is 18.0. The fraction of sp³-hybridized carbons (Fsp3) is 0.167. The number of nitrogens with one attached hydrogen (secondary N) is 1. The first-order valence-electron chi connectivity index (χ1n) is 9.93. The van der Waals surface area contributed by atoms with Gasteiger partial charge in [0.1, 0.15) is 11.4 Å². The highest BCUT2D eigenvalue weighted by molar-refractivity contribution is 6.15. The highest BCUT2D eigenvalue weighted by Gasteiger charge is 2.29. The molecular weight excluding hydrogens is 392 g/mol. The molecule has 7 heteroatoms. The number of anilines is 1. The molecule has 7 nitrogen and oxygen atoms in total. The number of hydrogen-bond acceptors (Lipinski definition) is 6. The molecule has 1 aliphatic rings. The minimum atomic E-state index is -0.344. The molecule has 2 aromatic heterocycles. The Morgan fingerprint density at radius 1 is 1.19 bits per heavy atom. The van der Waals surface area contributed by atoms with Gasteiger partial charge in [-0.25, -0.2) is 4.98 Å². The van der Waals surface area contributed by atoms with Gasteiger partial charge in [0.2, 0.25) is 0 Å². The number of rotatable bonds is 5. The first kappa shape index (κ1) is 18.8. The third kappa shape index (κ3) is 3.49. The van der Waals surface area contributed by atoms with Crippen LogP contribution in [-0.4, -0.2) is 23.2 Å². The topological polar surface area (TPSA) is 101 Å². The molecule has 2 aromatic carbocycles. The smallest absolute Gasteiger partial charge is 0.259 e. The predicted octanol–water partition coefficient (Wildman–Crippen LogP) is 4.90.